The van der Waals surface area contributed by atoms with Crippen molar-refractivity contribution in [3.8, 4) is 11.5 Å². The lowest BCUT2D eigenvalue weighted by Gasteiger charge is -2.37. The first-order valence-corrected chi connectivity index (χ1v) is 17.2. The van der Waals surface area contributed by atoms with E-state index in [0.29, 0.717) is 36.2 Å². The summed E-state index contributed by atoms with van der Waals surface area (Å²) in [6.07, 6.45) is 1.85. The van der Waals surface area contributed by atoms with Gasteiger partial charge in [-0.2, -0.15) is 4.98 Å². The summed E-state index contributed by atoms with van der Waals surface area (Å²) in [7, 11) is 4.76. The van der Waals surface area contributed by atoms with Crippen LogP contribution >= 0.6 is 0 Å². The minimum Gasteiger partial charge on any atom is -0.497 e. The molecule has 3 heterocycles. The number of anilines is 1. The Morgan fingerprint density at radius 1 is 0.902 bits per heavy atom. The van der Waals surface area contributed by atoms with Crippen LogP contribution in [0.25, 0.3) is 11.2 Å². The fourth-order valence-electron chi connectivity index (χ4n) is 6.64. The fraction of sp³-hybridized carbons (Fsp3) is 0.395. The van der Waals surface area contributed by atoms with E-state index in [4.69, 9.17) is 29.4 Å². The summed E-state index contributed by atoms with van der Waals surface area (Å²) in [5, 5.41) is 14.9. The first kappa shape index (κ1) is 36.0. The Morgan fingerprint density at radius 3 is 2.14 bits per heavy atom. The number of H-pyrrole nitrogens is 1. The maximum absolute atomic E-state index is 13.0. The van der Waals surface area contributed by atoms with Crippen molar-refractivity contribution in [2.24, 2.45) is 5.73 Å². The molecule has 1 saturated heterocycles. The van der Waals surface area contributed by atoms with Crippen molar-refractivity contribution >= 4 is 17.1 Å². The molecule has 51 heavy (non-hydrogen) atoms. The number of imidazole rings is 1. The highest BCUT2D eigenvalue weighted by molar-refractivity contribution is 5.71. The van der Waals surface area contributed by atoms with E-state index in [9.17, 15) is 9.90 Å². The quantitative estimate of drug-likeness (QED) is 0.0805. The van der Waals surface area contributed by atoms with Crippen LogP contribution in [0.15, 0.2) is 90.0 Å². The Hall–Kier alpha value is -4.79. The van der Waals surface area contributed by atoms with Gasteiger partial charge in [0.25, 0.3) is 5.56 Å². The molecule has 4 atom stereocenters. The van der Waals surface area contributed by atoms with Crippen molar-refractivity contribution in [2.45, 2.75) is 55.8 Å². The van der Waals surface area contributed by atoms with E-state index in [2.05, 4.69) is 20.3 Å². The van der Waals surface area contributed by atoms with Gasteiger partial charge in [-0.3, -0.25) is 14.3 Å². The van der Waals surface area contributed by atoms with Crippen molar-refractivity contribution < 1.29 is 28.8 Å². The lowest BCUT2D eigenvalue weighted by Crippen LogP contribution is -2.40. The molecule has 1 fully saturated rings. The minimum absolute atomic E-state index is 0.0257. The van der Waals surface area contributed by atoms with Gasteiger partial charge in [0, 0.05) is 13.7 Å². The molecule has 2 aromatic heterocycles. The molecule has 0 spiro atoms. The number of unbranched alkanes of at least 4 members (excludes halogenated alkanes) is 3. The zero-order valence-corrected chi connectivity index (χ0v) is 29.2. The monoisotopic (exact) mass is 698 g/mol. The lowest BCUT2D eigenvalue weighted by molar-refractivity contribution is -0.0948. The molecular weight excluding hydrogens is 652 g/mol. The molecule has 0 aliphatic carbocycles. The Kier molecular flexibility index (Phi) is 11.6. The number of nitrogens with one attached hydrogen (secondary N) is 2. The van der Waals surface area contributed by atoms with Gasteiger partial charge in [0.1, 0.15) is 35.4 Å². The van der Waals surface area contributed by atoms with Crippen LogP contribution in [0.3, 0.4) is 0 Å². The van der Waals surface area contributed by atoms with Crippen molar-refractivity contribution in [3.05, 3.63) is 112 Å². The molecule has 270 valence electrons. The average Bonchev–Trinajstić information content (AvgIpc) is 3.74. The predicted octanol–water partition coefficient (Wildman–Crippen LogP) is 4.35. The summed E-state index contributed by atoms with van der Waals surface area (Å²) in [6, 6.07) is 25.3. The SMILES string of the molecule is COc1ccc(C(OC[C@H]2O[C@@H](n3cnc4c(=O)[nH]c(NCCCCCCN)nc43)[C@H](OC)[C@@H]2O)(c2ccccc2)c2ccc(OC)cc2)cc1. The zero-order chi connectivity index (χ0) is 35.8. The average molecular weight is 699 g/mol. The van der Waals surface area contributed by atoms with Crippen molar-refractivity contribution in [1.29, 1.82) is 0 Å². The molecule has 0 saturated carbocycles. The Labute approximate surface area is 296 Å². The molecule has 1 aliphatic heterocycles. The molecule has 6 rings (SSSR count). The topological polar surface area (TPSA) is 168 Å². The molecular formula is C38H46N6O7. The highest BCUT2D eigenvalue weighted by atomic mass is 16.6. The van der Waals surface area contributed by atoms with Gasteiger partial charge >= 0.3 is 0 Å². The third-order valence-electron chi connectivity index (χ3n) is 9.35. The van der Waals surface area contributed by atoms with Crippen LogP contribution in [-0.2, 0) is 19.8 Å². The number of ether oxygens (including phenoxy) is 5. The van der Waals surface area contributed by atoms with Gasteiger partial charge in [0.05, 0.1) is 27.2 Å². The van der Waals surface area contributed by atoms with Crippen LogP contribution in [-0.4, -0.2) is 84.0 Å². The van der Waals surface area contributed by atoms with E-state index < -0.39 is 30.1 Å². The van der Waals surface area contributed by atoms with E-state index in [1.807, 2.05) is 78.9 Å². The number of methoxy groups -OCH3 is 3. The number of hydrogen-bond acceptors (Lipinski definition) is 11. The number of nitrogens with zero attached hydrogens (tertiary/aromatic N) is 3. The molecule has 5 aromatic rings. The van der Waals surface area contributed by atoms with Crippen LogP contribution < -0.4 is 26.1 Å². The third-order valence-corrected chi connectivity index (χ3v) is 9.35. The standard InChI is InChI=1S/C38H46N6O7/c1-47-28-17-13-26(14-18-28)38(25-11-7-6-8-12-25,27-15-19-29(48-2)20-16-27)50-23-30-32(45)33(49-3)36(51-30)44-24-41-31-34(44)42-37(43-35(31)46)40-22-10-5-4-9-21-39/h6-8,11-20,24,30,32-33,36,45H,4-5,9-10,21-23,39H2,1-3H3,(H2,40,42,43,46)/t30-,32-,33-,36-/m1/s1. The van der Waals surface area contributed by atoms with E-state index in [0.717, 1.165) is 42.4 Å². The number of aromatic nitrogens is 4. The minimum atomic E-state index is -1.12. The maximum atomic E-state index is 13.0. The second-order valence-electron chi connectivity index (χ2n) is 12.4. The van der Waals surface area contributed by atoms with Crippen LogP contribution in [0.2, 0.25) is 0 Å². The van der Waals surface area contributed by atoms with Gasteiger partial charge in [0.2, 0.25) is 5.95 Å². The molecule has 0 amide bonds. The first-order valence-electron chi connectivity index (χ1n) is 17.2. The van der Waals surface area contributed by atoms with Gasteiger partial charge in [-0.15, -0.1) is 0 Å². The highest BCUT2D eigenvalue weighted by Crippen LogP contribution is 2.43. The number of benzene rings is 3. The summed E-state index contributed by atoms with van der Waals surface area (Å²) in [5.41, 5.74) is 7.11. The molecule has 0 bridgehead atoms. The second kappa shape index (κ2) is 16.5. The lowest BCUT2D eigenvalue weighted by atomic mass is 9.80. The maximum Gasteiger partial charge on any atom is 0.280 e. The number of aromatic amines is 1. The van der Waals surface area contributed by atoms with Crippen LogP contribution in [0, 0.1) is 0 Å². The van der Waals surface area contributed by atoms with E-state index >= 15 is 0 Å². The number of nitrogens with two attached hydrogens (primary N) is 1. The predicted molar refractivity (Wildman–Crippen MR) is 193 cm³/mol. The zero-order valence-electron chi connectivity index (χ0n) is 29.2. The van der Waals surface area contributed by atoms with E-state index in [-0.39, 0.29) is 17.7 Å². The first-order chi connectivity index (χ1) is 24.9. The van der Waals surface area contributed by atoms with Gasteiger partial charge in [-0.05, 0) is 60.3 Å². The van der Waals surface area contributed by atoms with Crippen molar-refractivity contribution in [2.75, 3.05) is 46.3 Å². The number of aliphatic hydroxyl groups is 1. The summed E-state index contributed by atoms with van der Waals surface area (Å²) in [6.45, 7) is 1.29. The van der Waals surface area contributed by atoms with Crippen molar-refractivity contribution in [3.63, 3.8) is 0 Å². The number of rotatable bonds is 17. The second-order valence-corrected chi connectivity index (χ2v) is 12.4. The van der Waals surface area contributed by atoms with Gasteiger partial charge in [0.15, 0.2) is 17.4 Å². The normalized spacial score (nSPS) is 19.0. The molecule has 0 radical (unpaired) electrons. The van der Waals surface area contributed by atoms with Crippen LogP contribution in [0.5, 0.6) is 11.5 Å². The van der Waals surface area contributed by atoms with Crippen LogP contribution in [0.4, 0.5) is 5.95 Å². The molecule has 3 aromatic carbocycles. The summed E-state index contributed by atoms with van der Waals surface area (Å²) < 4.78 is 31.9. The molecule has 13 nitrogen and oxygen atoms in total. The Balaban J connectivity index is 1.31. The number of aliphatic hydroxyl groups excluding tert-OH is 1. The molecule has 1 aliphatic rings. The summed E-state index contributed by atoms with van der Waals surface area (Å²) in [4.78, 5) is 24.8. The third kappa shape index (κ3) is 7.48. The van der Waals surface area contributed by atoms with Gasteiger partial charge in [-0.25, -0.2) is 4.98 Å². The largest absolute Gasteiger partial charge is 0.497 e. The number of hydrogen-bond donors (Lipinski definition) is 4. The fourth-order valence-corrected chi connectivity index (χ4v) is 6.64. The Morgan fingerprint density at radius 2 is 1.53 bits per heavy atom. The number of fused-ring (bicyclic) bond motifs is 1. The molecule has 0 unspecified atom stereocenters. The molecule has 5 N–H and O–H groups in total. The summed E-state index contributed by atoms with van der Waals surface area (Å²) in [5.74, 6) is 1.74. The summed E-state index contributed by atoms with van der Waals surface area (Å²) >= 11 is 0. The van der Waals surface area contributed by atoms with Gasteiger partial charge in [-0.1, -0.05) is 67.4 Å². The van der Waals surface area contributed by atoms with Gasteiger partial charge < -0.3 is 39.8 Å². The van der Waals surface area contributed by atoms with E-state index in [1.54, 1.807) is 18.8 Å². The Bertz CT molecular complexity index is 1850. The smallest absolute Gasteiger partial charge is 0.280 e. The van der Waals surface area contributed by atoms with E-state index in [1.165, 1.54) is 13.4 Å². The van der Waals surface area contributed by atoms with Crippen molar-refractivity contribution in [1.82, 2.24) is 19.5 Å². The highest BCUT2D eigenvalue weighted by Gasteiger charge is 2.48. The molecule has 13 heteroatoms. The van der Waals surface area contributed by atoms with Crippen LogP contribution in [0.1, 0.15) is 48.6 Å².